The Balaban J connectivity index is 1.83. The Morgan fingerprint density at radius 2 is 2.05 bits per heavy atom. The highest BCUT2D eigenvalue weighted by molar-refractivity contribution is 7.88. The van der Waals surface area contributed by atoms with E-state index < -0.39 is 10.0 Å². The quantitative estimate of drug-likeness (QED) is 0.682. The van der Waals surface area contributed by atoms with Crippen LogP contribution in [0.4, 0.5) is 0 Å². The number of nitrogens with zero attached hydrogens (tertiary/aromatic N) is 2. The van der Waals surface area contributed by atoms with E-state index in [4.69, 9.17) is 0 Å². The number of carbonyl (C=O) groups is 1. The summed E-state index contributed by atoms with van der Waals surface area (Å²) in [4.78, 5) is 16.3. The maximum atomic E-state index is 12.4. The monoisotopic (exact) mass is 318 g/mol. The molecule has 1 atom stereocenters. The largest absolute Gasteiger partial charge is 0.340 e. The molecule has 2 aliphatic heterocycles. The van der Waals surface area contributed by atoms with Crippen LogP contribution >= 0.6 is 0 Å². The number of piperidine rings is 1. The second-order valence-electron chi connectivity index (χ2n) is 5.95. The van der Waals surface area contributed by atoms with Crippen molar-refractivity contribution < 1.29 is 13.2 Å². The van der Waals surface area contributed by atoms with E-state index in [9.17, 15) is 13.2 Å². The van der Waals surface area contributed by atoms with Gasteiger partial charge in [-0.1, -0.05) is 0 Å². The van der Waals surface area contributed by atoms with Gasteiger partial charge < -0.3 is 10.2 Å². The molecule has 1 amide bonds. The van der Waals surface area contributed by atoms with Crippen molar-refractivity contribution in [1.82, 2.24) is 19.8 Å². The molecule has 7 nitrogen and oxygen atoms in total. The summed E-state index contributed by atoms with van der Waals surface area (Å²) in [6, 6.07) is -0.150. The van der Waals surface area contributed by atoms with Gasteiger partial charge in [-0.15, -0.1) is 0 Å². The number of hydrogen-bond acceptors (Lipinski definition) is 5. The Kier molecular flexibility index (Phi) is 5.98. The van der Waals surface area contributed by atoms with E-state index in [1.807, 2.05) is 0 Å². The van der Waals surface area contributed by atoms with Gasteiger partial charge in [-0.3, -0.25) is 9.69 Å². The van der Waals surface area contributed by atoms with Gasteiger partial charge in [0.05, 0.1) is 12.8 Å². The number of rotatable bonds is 4. The summed E-state index contributed by atoms with van der Waals surface area (Å²) in [5, 5.41) is 3.32. The van der Waals surface area contributed by atoms with E-state index in [1.165, 1.54) is 0 Å². The van der Waals surface area contributed by atoms with Crippen LogP contribution in [0.2, 0.25) is 0 Å². The molecular weight excluding hydrogens is 292 g/mol. The Labute approximate surface area is 127 Å². The van der Waals surface area contributed by atoms with Crippen molar-refractivity contribution in [2.75, 3.05) is 52.1 Å². The molecule has 8 heteroatoms. The fourth-order valence-electron chi connectivity index (χ4n) is 2.95. The molecule has 2 aliphatic rings. The second-order valence-corrected chi connectivity index (χ2v) is 7.73. The van der Waals surface area contributed by atoms with Crippen LogP contribution in [0.1, 0.15) is 19.3 Å². The predicted octanol–water partition coefficient (Wildman–Crippen LogP) is -1.18. The van der Waals surface area contributed by atoms with Crippen LogP contribution in [0.3, 0.4) is 0 Å². The van der Waals surface area contributed by atoms with Crippen molar-refractivity contribution in [2.24, 2.45) is 0 Å². The number of sulfonamides is 1. The van der Waals surface area contributed by atoms with E-state index >= 15 is 0 Å². The molecule has 2 rings (SSSR count). The zero-order valence-corrected chi connectivity index (χ0v) is 13.5. The zero-order chi connectivity index (χ0) is 15.3. The van der Waals surface area contributed by atoms with Crippen molar-refractivity contribution in [3.63, 3.8) is 0 Å². The highest BCUT2D eigenvalue weighted by Gasteiger charge is 2.26. The SMILES string of the molecule is CS(=O)(=O)NC1CCCN(C(=O)CN2CCCNCC2)C1. The van der Waals surface area contributed by atoms with E-state index in [-0.39, 0.29) is 11.9 Å². The lowest BCUT2D eigenvalue weighted by atomic mass is 10.1. The first-order valence-corrected chi connectivity index (χ1v) is 9.51. The molecule has 2 heterocycles. The third-order valence-electron chi connectivity index (χ3n) is 3.95. The molecule has 0 bridgehead atoms. The molecule has 0 aromatic rings. The summed E-state index contributed by atoms with van der Waals surface area (Å²) in [5.74, 6) is 0.108. The van der Waals surface area contributed by atoms with Crippen molar-refractivity contribution in [1.29, 1.82) is 0 Å². The van der Waals surface area contributed by atoms with E-state index in [0.29, 0.717) is 13.1 Å². The minimum atomic E-state index is -3.21. The molecule has 0 radical (unpaired) electrons. The first-order chi connectivity index (χ1) is 9.94. The summed E-state index contributed by atoms with van der Waals surface area (Å²) in [6.07, 6.45) is 3.87. The van der Waals surface area contributed by atoms with Gasteiger partial charge in [-0.2, -0.15) is 0 Å². The maximum absolute atomic E-state index is 12.4. The lowest BCUT2D eigenvalue weighted by Crippen LogP contribution is -2.51. The predicted molar refractivity (Wildman–Crippen MR) is 81.5 cm³/mol. The van der Waals surface area contributed by atoms with Crippen molar-refractivity contribution >= 4 is 15.9 Å². The van der Waals surface area contributed by atoms with Crippen LogP contribution in [-0.2, 0) is 14.8 Å². The molecule has 122 valence electrons. The minimum Gasteiger partial charge on any atom is -0.340 e. The van der Waals surface area contributed by atoms with Gasteiger partial charge in [0.1, 0.15) is 0 Å². The second kappa shape index (κ2) is 7.53. The van der Waals surface area contributed by atoms with Gasteiger partial charge in [-0.05, 0) is 32.4 Å². The van der Waals surface area contributed by atoms with Gasteiger partial charge in [0.25, 0.3) is 0 Å². The topological polar surface area (TPSA) is 81.8 Å². The first kappa shape index (κ1) is 16.7. The molecular formula is C13H26N4O3S. The maximum Gasteiger partial charge on any atom is 0.236 e. The number of amides is 1. The summed E-state index contributed by atoms with van der Waals surface area (Å²) >= 11 is 0. The summed E-state index contributed by atoms with van der Waals surface area (Å²) in [6.45, 7) is 5.42. The normalized spacial score (nSPS) is 25.6. The molecule has 21 heavy (non-hydrogen) atoms. The Hall–Kier alpha value is -0.700. The van der Waals surface area contributed by atoms with Crippen molar-refractivity contribution in [3.05, 3.63) is 0 Å². The number of nitrogens with one attached hydrogen (secondary N) is 2. The van der Waals surface area contributed by atoms with Crippen molar-refractivity contribution in [2.45, 2.75) is 25.3 Å². The molecule has 0 spiro atoms. The average molecular weight is 318 g/mol. The van der Waals surface area contributed by atoms with Gasteiger partial charge >= 0.3 is 0 Å². The summed E-state index contributed by atoms with van der Waals surface area (Å²) in [7, 11) is -3.21. The zero-order valence-electron chi connectivity index (χ0n) is 12.7. The molecule has 0 saturated carbocycles. The van der Waals surface area contributed by atoms with Gasteiger partial charge in [0.2, 0.25) is 15.9 Å². The van der Waals surface area contributed by atoms with E-state index in [1.54, 1.807) is 4.90 Å². The highest BCUT2D eigenvalue weighted by Crippen LogP contribution is 2.11. The average Bonchev–Trinajstić information content (AvgIpc) is 2.65. The van der Waals surface area contributed by atoms with Crippen LogP contribution in [0, 0.1) is 0 Å². The molecule has 0 aromatic heterocycles. The van der Waals surface area contributed by atoms with E-state index in [0.717, 1.165) is 58.2 Å². The third kappa shape index (κ3) is 5.90. The number of hydrogen-bond donors (Lipinski definition) is 2. The highest BCUT2D eigenvalue weighted by atomic mass is 32.2. The molecule has 0 aromatic carbocycles. The van der Waals surface area contributed by atoms with Crippen LogP contribution in [0.15, 0.2) is 0 Å². The Bertz CT molecular complexity index is 446. The fourth-order valence-corrected chi connectivity index (χ4v) is 3.75. The molecule has 1 unspecified atom stereocenters. The van der Waals surface area contributed by atoms with Gasteiger partial charge in [0.15, 0.2) is 0 Å². The van der Waals surface area contributed by atoms with Crippen LogP contribution in [0.5, 0.6) is 0 Å². The van der Waals surface area contributed by atoms with Crippen LogP contribution in [-0.4, -0.2) is 82.2 Å². The number of carbonyl (C=O) groups excluding carboxylic acids is 1. The molecule has 2 N–H and O–H groups in total. The minimum absolute atomic E-state index is 0.108. The van der Waals surface area contributed by atoms with Crippen LogP contribution in [0.25, 0.3) is 0 Å². The molecule has 2 fully saturated rings. The summed E-state index contributed by atoms with van der Waals surface area (Å²) < 4.78 is 25.2. The van der Waals surface area contributed by atoms with Crippen LogP contribution < -0.4 is 10.0 Å². The first-order valence-electron chi connectivity index (χ1n) is 7.62. The fraction of sp³-hybridized carbons (Fsp3) is 0.923. The van der Waals surface area contributed by atoms with E-state index in [2.05, 4.69) is 14.9 Å². The summed E-state index contributed by atoms with van der Waals surface area (Å²) in [5.41, 5.74) is 0. The lowest BCUT2D eigenvalue weighted by molar-refractivity contribution is -0.133. The Morgan fingerprint density at radius 3 is 2.81 bits per heavy atom. The molecule has 2 saturated heterocycles. The smallest absolute Gasteiger partial charge is 0.236 e. The molecule has 0 aliphatic carbocycles. The third-order valence-corrected chi connectivity index (χ3v) is 4.71. The lowest BCUT2D eigenvalue weighted by Gasteiger charge is -2.34. The van der Waals surface area contributed by atoms with Crippen molar-refractivity contribution in [3.8, 4) is 0 Å². The standard InChI is InChI=1S/C13H26N4O3S/c1-21(19,20)15-12-4-2-8-17(10-12)13(18)11-16-7-3-5-14-6-9-16/h12,14-15H,2-11H2,1H3. The Morgan fingerprint density at radius 1 is 1.24 bits per heavy atom. The van der Waals surface area contributed by atoms with Gasteiger partial charge in [0, 0.05) is 32.2 Å². The van der Waals surface area contributed by atoms with Gasteiger partial charge in [-0.25, -0.2) is 13.1 Å². The number of likely N-dealkylation sites (tertiary alicyclic amines) is 1.